The van der Waals surface area contributed by atoms with E-state index in [9.17, 15) is 4.79 Å². The second-order valence-corrected chi connectivity index (χ2v) is 5.46. The molecular formula is C15H19NO2. The smallest absolute Gasteiger partial charge is 0.309 e. The first-order valence-electron chi connectivity index (χ1n) is 6.20. The predicted octanol–water partition coefficient (Wildman–Crippen LogP) is 3.45. The summed E-state index contributed by atoms with van der Waals surface area (Å²) in [5.41, 5.74) is 1.73. The molecule has 3 nitrogen and oxygen atoms in total. The Bertz CT molecular complexity index is 581. The highest BCUT2D eigenvalue weighted by molar-refractivity contribution is 5.83. The summed E-state index contributed by atoms with van der Waals surface area (Å²) < 4.78 is 2.15. The minimum Gasteiger partial charge on any atom is -0.481 e. The van der Waals surface area contributed by atoms with Crippen LogP contribution < -0.4 is 0 Å². The van der Waals surface area contributed by atoms with Gasteiger partial charge in [0.15, 0.2) is 0 Å². The van der Waals surface area contributed by atoms with E-state index in [2.05, 4.69) is 29.8 Å². The third kappa shape index (κ3) is 2.26. The lowest BCUT2D eigenvalue weighted by Gasteiger charge is -2.19. The summed E-state index contributed by atoms with van der Waals surface area (Å²) in [7, 11) is 0. The van der Waals surface area contributed by atoms with E-state index in [1.807, 2.05) is 12.1 Å². The number of hydrogen-bond acceptors (Lipinski definition) is 1. The molecular weight excluding hydrogens is 226 g/mol. The van der Waals surface area contributed by atoms with E-state index in [0.717, 1.165) is 6.54 Å². The summed E-state index contributed by atoms with van der Waals surface area (Å²) in [6.07, 6.45) is 2.73. The van der Waals surface area contributed by atoms with Crippen molar-refractivity contribution < 1.29 is 9.90 Å². The van der Waals surface area contributed by atoms with Crippen molar-refractivity contribution in [2.24, 2.45) is 5.41 Å². The molecule has 0 atom stereocenters. The van der Waals surface area contributed by atoms with Gasteiger partial charge in [0.05, 0.1) is 5.41 Å². The Morgan fingerprint density at radius 2 is 2.00 bits per heavy atom. The maximum absolute atomic E-state index is 11.1. The lowest BCUT2D eigenvalue weighted by Crippen LogP contribution is -2.25. The first-order valence-corrected chi connectivity index (χ1v) is 6.20. The minimum absolute atomic E-state index is 0.625. The number of carboxylic acid groups (broad SMARTS) is 1. The summed E-state index contributed by atoms with van der Waals surface area (Å²) >= 11 is 0. The average Bonchev–Trinajstić information content (AvgIpc) is 2.65. The molecule has 1 aromatic carbocycles. The van der Waals surface area contributed by atoms with Crippen LogP contribution in [-0.2, 0) is 11.3 Å². The van der Waals surface area contributed by atoms with Gasteiger partial charge in [-0.25, -0.2) is 0 Å². The van der Waals surface area contributed by atoms with Crippen LogP contribution in [0.15, 0.2) is 30.5 Å². The number of benzene rings is 1. The molecule has 1 aromatic heterocycles. The van der Waals surface area contributed by atoms with Gasteiger partial charge in [-0.05, 0) is 38.8 Å². The van der Waals surface area contributed by atoms with E-state index >= 15 is 0 Å². The second-order valence-electron chi connectivity index (χ2n) is 5.46. The highest BCUT2D eigenvalue weighted by Crippen LogP contribution is 2.25. The number of hydrogen-bond donors (Lipinski definition) is 1. The van der Waals surface area contributed by atoms with E-state index in [1.165, 1.54) is 16.5 Å². The van der Waals surface area contributed by atoms with Gasteiger partial charge < -0.3 is 9.67 Å². The van der Waals surface area contributed by atoms with Gasteiger partial charge in [-0.1, -0.05) is 18.2 Å². The highest BCUT2D eigenvalue weighted by atomic mass is 16.4. The molecule has 1 heterocycles. The summed E-state index contributed by atoms with van der Waals surface area (Å²) in [6, 6.07) is 8.22. The van der Waals surface area contributed by atoms with Crippen LogP contribution in [0.4, 0.5) is 0 Å². The summed E-state index contributed by atoms with van der Waals surface area (Å²) in [5.74, 6) is -0.740. The quantitative estimate of drug-likeness (QED) is 0.896. The number of carboxylic acids is 1. The average molecular weight is 245 g/mol. The SMILES string of the molecule is Cc1cn(CCC(C)(C)C(=O)O)c2ccccc12. The molecule has 0 aliphatic carbocycles. The standard InChI is InChI=1S/C15H19NO2/c1-11-10-16(9-8-15(2,3)14(17)18)13-7-5-4-6-12(11)13/h4-7,10H,8-9H2,1-3H3,(H,17,18). The van der Waals surface area contributed by atoms with E-state index < -0.39 is 11.4 Å². The van der Waals surface area contributed by atoms with Crippen molar-refractivity contribution in [2.45, 2.75) is 33.7 Å². The third-order valence-electron chi connectivity index (χ3n) is 3.54. The number of nitrogens with zero attached hydrogens (tertiary/aromatic N) is 1. The first-order chi connectivity index (χ1) is 8.42. The monoisotopic (exact) mass is 245 g/mol. The van der Waals surface area contributed by atoms with Gasteiger partial charge in [0, 0.05) is 23.6 Å². The van der Waals surface area contributed by atoms with Crippen LogP contribution in [0, 0.1) is 12.3 Å². The molecule has 0 radical (unpaired) electrons. The van der Waals surface area contributed by atoms with Gasteiger partial charge >= 0.3 is 5.97 Å². The van der Waals surface area contributed by atoms with Crippen LogP contribution in [0.5, 0.6) is 0 Å². The fourth-order valence-electron chi connectivity index (χ4n) is 2.12. The van der Waals surface area contributed by atoms with Gasteiger partial charge in [0.1, 0.15) is 0 Å². The molecule has 18 heavy (non-hydrogen) atoms. The van der Waals surface area contributed by atoms with E-state index in [4.69, 9.17) is 5.11 Å². The normalized spacial score (nSPS) is 11.9. The van der Waals surface area contributed by atoms with Crippen molar-refractivity contribution >= 4 is 16.9 Å². The highest BCUT2D eigenvalue weighted by Gasteiger charge is 2.26. The van der Waals surface area contributed by atoms with Crippen LogP contribution in [0.2, 0.25) is 0 Å². The van der Waals surface area contributed by atoms with Gasteiger partial charge in [-0.2, -0.15) is 0 Å². The zero-order chi connectivity index (χ0) is 13.3. The van der Waals surface area contributed by atoms with Gasteiger partial charge in [-0.3, -0.25) is 4.79 Å². The predicted molar refractivity (Wildman–Crippen MR) is 72.7 cm³/mol. The molecule has 2 aromatic rings. The molecule has 0 saturated carbocycles. The molecule has 0 amide bonds. The molecule has 0 fully saturated rings. The maximum Gasteiger partial charge on any atom is 0.309 e. The Kier molecular flexibility index (Phi) is 3.16. The number of aryl methyl sites for hydroxylation is 2. The molecule has 96 valence electrons. The first kappa shape index (κ1) is 12.7. The Morgan fingerprint density at radius 1 is 1.33 bits per heavy atom. The Hall–Kier alpha value is -1.77. The maximum atomic E-state index is 11.1. The minimum atomic E-state index is -0.740. The number of carbonyl (C=O) groups is 1. The van der Waals surface area contributed by atoms with E-state index in [1.54, 1.807) is 13.8 Å². The molecule has 0 aliphatic rings. The number of aliphatic carboxylic acids is 1. The van der Waals surface area contributed by atoms with Gasteiger partial charge in [0.2, 0.25) is 0 Å². The lowest BCUT2D eigenvalue weighted by atomic mass is 9.89. The molecule has 1 N–H and O–H groups in total. The lowest BCUT2D eigenvalue weighted by molar-refractivity contribution is -0.147. The molecule has 3 heteroatoms. The van der Waals surface area contributed by atoms with Crippen LogP contribution in [0.25, 0.3) is 10.9 Å². The van der Waals surface area contributed by atoms with Crippen molar-refractivity contribution in [3.63, 3.8) is 0 Å². The molecule has 0 aliphatic heterocycles. The number of para-hydroxylation sites is 1. The van der Waals surface area contributed by atoms with Crippen LogP contribution >= 0.6 is 0 Å². The van der Waals surface area contributed by atoms with Gasteiger partial charge in [-0.15, -0.1) is 0 Å². The van der Waals surface area contributed by atoms with Crippen molar-refractivity contribution in [3.05, 3.63) is 36.0 Å². The van der Waals surface area contributed by atoms with E-state index in [-0.39, 0.29) is 0 Å². The van der Waals surface area contributed by atoms with Crippen LogP contribution in [-0.4, -0.2) is 15.6 Å². The third-order valence-corrected chi connectivity index (χ3v) is 3.54. The van der Waals surface area contributed by atoms with Crippen LogP contribution in [0.1, 0.15) is 25.8 Å². The fourth-order valence-corrected chi connectivity index (χ4v) is 2.12. The van der Waals surface area contributed by atoms with Crippen LogP contribution in [0.3, 0.4) is 0 Å². The zero-order valence-electron chi connectivity index (χ0n) is 11.1. The Morgan fingerprint density at radius 3 is 2.67 bits per heavy atom. The van der Waals surface area contributed by atoms with E-state index in [0.29, 0.717) is 6.42 Å². The summed E-state index contributed by atoms with van der Waals surface area (Å²) in [5, 5.41) is 10.4. The molecule has 0 unspecified atom stereocenters. The van der Waals surface area contributed by atoms with Gasteiger partial charge in [0.25, 0.3) is 0 Å². The van der Waals surface area contributed by atoms with Crippen molar-refractivity contribution in [3.8, 4) is 0 Å². The number of rotatable bonds is 4. The zero-order valence-corrected chi connectivity index (χ0v) is 11.1. The summed E-state index contributed by atoms with van der Waals surface area (Å²) in [6.45, 7) is 6.36. The second kappa shape index (κ2) is 4.48. The molecule has 2 rings (SSSR count). The molecule has 0 spiro atoms. The molecule has 0 bridgehead atoms. The Balaban J connectivity index is 2.25. The van der Waals surface area contributed by atoms with Crippen molar-refractivity contribution in [2.75, 3.05) is 0 Å². The van der Waals surface area contributed by atoms with Crippen molar-refractivity contribution in [1.29, 1.82) is 0 Å². The van der Waals surface area contributed by atoms with Crippen molar-refractivity contribution in [1.82, 2.24) is 4.57 Å². The number of aromatic nitrogens is 1. The summed E-state index contributed by atoms with van der Waals surface area (Å²) in [4.78, 5) is 11.1. The Labute approximate surface area is 107 Å². The number of fused-ring (bicyclic) bond motifs is 1. The topological polar surface area (TPSA) is 42.2 Å². The largest absolute Gasteiger partial charge is 0.481 e. The molecule has 0 saturated heterocycles. The fraction of sp³-hybridized carbons (Fsp3) is 0.400.